The van der Waals surface area contributed by atoms with Crippen molar-refractivity contribution in [3.8, 4) is 5.75 Å². The number of ether oxygens (including phenoxy) is 1. The minimum absolute atomic E-state index is 0.167. The Bertz CT molecular complexity index is 873. The summed E-state index contributed by atoms with van der Waals surface area (Å²) in [6, 6.07) is 14.7. The van der Waals surface area contributed by atoms with Crippen molar-refractivity contribution in [2.75, 3.05) is 6.61 Å². The van der Waals surface area contributed by atoms with Crippen molar-refractivity contribution in [2.24, 2.45) is 4.99 Å². The Hall–Kier alpha value is -3.15. The summed E-state index contributed by atoms with van der Waals surface area (Å²) in [6.45, 7) is 4.86. The maximum Gasteiger partial charge on any atom is 0.257 e. The first-order chi connectivity index (χ1) is 14.1. The van der Waals surface area contributed by atoms with Crippen LogP contribution in [0.2, 0.25) is 0 Å². The topological polar surface area (TPSA) is 79.8 Å². The molecule has 2 N–H and O–H groups in total. The summed E-state index contributed by atoms with van der Waals surface area (Å²) in [7, 11) is 0. The molecule has 1 unspecified atom stereocenters. The van der Waals surface area contributed by atoms with Crippen molar-refractivity contribution >= 4 is 17.8 Å². The van der Waals surface area contributed by atoms with Crippen LogP contribution in [-0.4, -0.2) is 24.4 Å². The largest absolute Gasteiger partial charge is 0.494 e. The van der Waals surface area contributed by atoms with Gasteiger partial charge in [0, 0.05) is 5.56 Å². The minimum atomic E-state index is -0.328. The molecule has 0 saturated carbocycles. The molecule has 6 nitrogen and oxygen atoms in total. The van der Waals surface area contributed by atoms with Crippen molar-refractivity contribution in [3.05, 3.63) is 65.2 Å². The average Bonchev–Trinajstić information content (AvgIpc) is 2.74. The van der Waals surface area contributed by atoms with E-state index in [2.05, 4.69) is 29.5 Å². The third-order valence-corrected chi connectivity index (χ3v) is 4.81. The summed E-state index contributed by atoms with van der Waals surface area (Å²) < 4.78 is 5.61. The maximum absolute atomic E-state index is 12.5. The molecule has 0 saturated heterocycles. The Morgan fingerprint density at radius 2 is 1.86 bits per heavy atom. The number of aliphatic imine (C=N–C) groups is 1. The average molecular weight is 393 g/mol. The van der Waals surface area contributed by atoms with E-state index in [9.17, 15) is 9.59 Å². The zero-order valence-corrected chi connectivity index (χ0v) is 16.9. The Morgan fingerprint density at radius 3 is 2.52 bits per heavy atom. The van der Waals surface area contributed by atoms with E-state index in [0.717, 1.165) is 30.6 Å². The molecular weight excluding hydrogens is 366 g/mol. The van der Waals surface area contributed by atoms with Gasteiger partial charge in [0.15, 0.2) is 0 Å². The predicted octanol–water partition coefficient (Wildman–Crippen LogP) is 3.77. The van der Waals surface area contributed by atoms with Gasteiger partial charge in [-0.15, -0.1) is 0 Å². The number of guanidine groups is 1. The first kappa shape index (κ1) is 20.6. The van der Waals surface area contributed by atoms with Gasteiger partial charge in [0.1, 0.15) is 5.75 Å². The highest BCUT2D eigenvalue weighted by Gasteiger charge is 2.23. The Morgan fingerprint density at radius 1 is 1.14 bits per heavy atom. The highest BCUT2D eigenvalue weighted by atomic mass is 16.5. The molecule has 3 rings (SSSR count). The molecule has 1 atom stereocenters. The van der Waals surface area contributed by atoms with E-state index in [1.807, 2.05) is 24.3 Å². The van der Waals surface area contributed by atoms with E-state index in [1.54, 1.807) is 24.3 Å². The number of benzene rings is 2. The van der Waals surface area contributed by atoms with Gasteiger partial charge in [0.25, 0.3) is 5.91 Å². The first-order valence-corrected chi connectivity index (χ1v) is 10.1. The highest BCUT2D eigenvalue weighted by molar-refractivity contribution is 6.10. The molecule has 152 valence electrons. The number of nitrogens with zero attached hydrogens (tertiary/aromatic N) is 1. The quantitative estimate of drug-likeness (QED) is 0.703. The minimum Gasteiger partial charge on any atom is -0.494 e. The Labute approximate surface area is 171 Å². The van der Waals surface area contributed by atoms with E-state index in [-0.39, 0.29) is 30.2 Å². The molecule has 2 amide bonds. The predicted molar refractivity (Wildman–Crippen MR) is 113 cm³/mol. The number of amides is 2. The van der Waals surface area contributed by atoms with Crippen molar-refractivity contribution < 1.29 is 14.3 Å². The van der Waals surface area contributed by atoms with E-state index in [4.69, 9.17) is 4.74 Å². The van der Waals surface area contributed by atoms with Crippen LogP contribution < -0.4 is 15.4 Å². The van der Waals surface area contributed by atoms with Gasteiger partial charge in [-0.3, -0.25) is 20.2 Å². The van der Waals surface area contributed by atoms with Crippen LogP contribution >= 0.6 is 0 Å². The van der Waals surface area contributed by atoms with Crippen LogP contribution in [0.4, 0.5) is 0 Å². The summed E-state index contributed by atoms with van der Waals surface area (Å²) in [6.07, 6.45) is 3.27. The second-order valence-electron chi connectivity index (χ2n) is 7.02. The monoisotopic (exact) mass is 393 g/mol. The van der Waals surface area contributed by atoms with Crippen LogP contribution in [-0.2, 0) is 11.2 Å². The van der Waals surface area contributed by atoms with E-state index in [1.165, 1.54) is 5.56 Å². The third kappa shape index (κ3) is 5.67. The lowest BCUT2D eigenvalue weighted by Crippen LogP contribution is -2.47. The number of hydrogen-bond donors (Lipinski definition) is 2. The molecule has 1 aliphatic rings. The van der Waals surface area contributed by atoms with Crippen LogP contribution in [0.25, 0.3) is 0 Å². The van der Waals surface area contributed by atoms with Crippen LogP contribution in [0.1, 0.15) is 60.6 Å². The number of carbonyl (C=O) groups is 2. The Balaban J connectivity index is 1.66. The van der Waals surface area contributed by atoms with Crippen molar-refractivity contribution in [3.63, 3.8) is 0 Å². The van der Waals surface area contributed by atoms with Crippen molar-refractivity contribution in [2.45, 2.75) is 45.6 Å². The van der Waals surface area contributed by atoms with Gasteiger partial charge in [0.2, 0.25) is 11.9 Å². The van der Waals surface area contributed by atoms with E-state index >= 15 is 0 Å². The van der Waals surface area contributed by atoms with Gasteiger partial charge in [0.05, 0.1) is 19.1 Å². The van der Waals surface area contributed by atoms with Crippen LogP contribution in [0.15, 0.2) is 53.5 Å². The van der Waals surface area contributed by atoms with Crippen molar-refractivity contribution in [1.29, 1.82) is 0 Å². The molecule has 2 aromatic carbocycles. The number of carbonyl (C=O) groups excluding carboxylic acids is 2. The van der Waals surface area contributed by atoms with E-state index in [0.29, 0.717) is 12.2 Å². The molecule has 6 heteroatoms. The lowest BCUT2D eigenvalue weighted by atomic mass is 10.0. The highest BCUT2D eigenvalue weighted by Crippen LogP contribution is 2.24. The second kappa shape index (κ2) is 9.87. The molecule has 0 radical (unpaired) electrons. The molecule has 0 bridgehead atoms. The number of aryl methyl sites for hydroxylation is 1. The standard InChI is InChI=1S/C23H27N3O3/c1-3-5-14-29-19-12-10-18(11-13-19)22(28)26-23-24-20(15-21(27)25-23)17-8-6-16(4-2)7-9-17/h6-13,20H,3-5,14-15H2,1-2H3,(H2,24,25,26,27,28). The molecule has 0 aromatic heterocycles. The van der Waals surface area contributed by atoms with Gasteiger partial charge in [-0.05, 0) is 48.2 Å². The van der Waals surface area contributed by atoms with Crippen LogP contribution in [0, 0.1) is 0 Å². The molecule has 2 aromatic rings. The molecule has 0 spiro atoms. The van der Waals surface area contributed by atoms with Gasteiger partial charge in [-0.2, -0.15) is 0 Å². The fourth-order valence-corrected chi connectivity index (χ4v) is 3.04. The first-order valence-electron chi connectivity index (χ1n) is 10.1. The summed E-state index contributed by atoms with van der Waals surface area (Å²) in [5.41, 5.74) is 2.66. The summed E-state index contributed by atoms with van der Waals surface area (Å²) >= 11 is 0. The Kier molecular flexibility index (Phi) is 7.00. The molecule has 29 heavy (non-hydrogen) atoms. The smallest absolute Gasteiger partial charge is 0.257 e. The lowest BCUT2D eigenvalue weighted by molar-refractivity contribution is -0.120. The number of rotatable bonds is 7. The molecule has 1 aliphatic heterocycles. The van der Waals surface area contributed by atoms with Gasteiger partial charge >= 0.3 is 0 Å². The third-order valence-electron chi connectivity index (χ3n) is 4.81. The van der Waals surface area contributed by atoms with Gasteiger partial charge in [-0.1, -0.05) is 44.5 Å². The molecule has 1 heterocycles. The van der Waals surface area contributed by atoms with Gasteiger partial charge in [-0.25, -0.2) is 4.99 Å². The van der Waals surface area contributed by atoms with Crippen molar-refractivity contribution in [1.82, 2.24) is 10.6 Å². The van der Waals surface area contributed by atoms with Crippen LogP contribution in [0.3, 0.4) is 0 Å². The fourth-order valence-electron chi connectivity index (χ4n) is 3.04. The number of hydrogen-bond acceptors (Lipinski definition) is 4. The van der Waals surface area contributed by atoms with Gasteiger partial charge < -0.3 is 4.74 Å². The number of unbranched alkanes of at least 4 members (excludes halogenated alkanes) is 1. The maximum atomic E-state index is 12.5. The summed E-state index contributed by atoms with van der Waals surface area (Å²) in [5, 5.41) is 5.34. The molecule has 0 aliphatic carbocycles. The zero-order chi connectivity index (χ0) is 20.6. The SMILES string of the molecule is CCCCOc1ccc(C(=O)NC2=NC(c3ccc(CC)cc3)CC(=O)N2)cc1. The number of nitrogens with one attached hydrogen (secondary N) is 2. The van der Waals surface area contributed by atoms with Crippen LogP contribution in [0.5, 0.6) is 5.75 Å². The van der Waals surface area contributed by atoms with E-state index < -0.39 is 0 Å². The molecule has 0 fully saturated rings. The summed E-state index contributed by atoms with van der Waals surface area (Å²) in [4.78, 5) is 29.2. The fraction of sp³-hybridized carbons (Fsp3) is 0.348. The molecular formula is C23H27N3O3. The lowest BCUT2D eigenvalue weighted by Gasteiger charge is -2.21. The normalized spacial score (nSPS) is 16.0. The zero-order valence-electron chi connectivity index (χ0n) is 16.9. The summed E-state index contributed by atoms with van der Waals surface area (Å²) in [5.74, 6) is 0.415. The second-order valence-corrected chi connectivity index (χ2v) is 7.02.